The molecule has 2 N–H and O–H groups in total. The summed E-state index contributed by atoms with van der Waals surface area (Å²) in [6.07, 6.45) is 8.35. The molecular formula is C20H24N2O3S. The quantitative estimate of drug-likeness (QED) is 0.881. The molecule has 1 heterocycles. The number of nitrogens with zero attached hydrogens (tertiary/aromatic N) is 1. The maximum Gasteiger partial charge on any atom is 0.237 e. The highest BCUT2D eigenvalue weighted by Gasteiger charge is 2.48. The molecule has 3 rings (SSSR count). The molecule has 0 spiro atoms. The van der Waals surface area contributed by atoms with Gasteiger partial charge in [-0.2, -0.15) is 0 Å². The lowest BCUT2D eigenvalue weighted by Crippen LogP contribution is -2.32. The van der Waals surface area contributed by atoms with Gasteiger partial charge in [0.15, 0.2) is 9.84 Å². The number of carbonyl (C=O) groups is 1. The van der Waals surface area contributed by atoms with E-state index in [1.165, 1.54) is 6.26 Å². The van der Waals surface area contributed by atoms with Gasteiger partial charge >= 0.3 is 0 Å². The maximum atomic E-state index is 13.1. The molecule has 1 saturated heterocycles. The SMILES string of the molecule is CCC1(C)C(=O)N(Cc2ccc(S(C)(=O)=O)cc2)C2=CC=C(N)CC=C21. The van der Waals surface area contributed by atoms with Crippen molar-refractivity contribution in [2.24, 2.45) is 11.1 Å². The van der Waals surface area contributed by atoms with Crippen LogP contribution in [0, 0.1) is 5.41 Å². The van der Waals surface area contributed by atoms with Gasteiger partial charge in [0.1, 0.15) is 0 Å². The summed E-state index contributed by atoms with van der Waals surface area (Å²) in [7, 11) is -3.23. The molecule has 0 radical (unpaired) electrons. The summed E-state index contributed by atoms with van der Waals surface area (Å²) in [5.41, 5.74) is 8.96. The van der Waals surface area contributed by atoms with E-state index in [9.17, 15) is 13.2 Å². The Bertz CT molecular complexity index is 940. The molecule has 6 heteroatoms. The van der Waals surface area contributed by atoms with Gasteiger partial charge in [0.05, 0.1) is 16.9 Å². The van der Waals surface area contributed by atoms with Gasteiger partial charge in [-0.15, -0.1) is 0 Å². The van der Waals surface area contributed by atoms with Gasteiger partial charge in [0.2, 0.25) is 5.91 Å². The predicted molar refractivity (Wildman–Crippen MR) is 102 cm³/mol. The lowest BCUT2D eigenvalue weighted by Gasteiger charge is -2.22. The van der Waals surface area contributed by atoms with Gasteiger partial charge in [0, 0.05) is 24.1 Å². The number of hydrogen-bond acceptors (Lipinski definition) is 4. The van der Waals surface area contributed by atoms with Crippen molar-refractivity contribution in [3.8, 4) is 0 Å². The number of fused-ring (bicyclic) bond motifs is 1. The summed E-state index contributed by atoms with van der Waals surface area (Å²) in [6.45, 7) is 4.39. The molecule has 1 aromatic rings. The van der Waals surface area contributed by atoms with Gasteiger partial charge in [0.25, 0.3) is 0 Å². The molecule has 1 aliphatic heterocycles. The van der Waals surface area contributed by atoms with E-state index in [0.717, 1.165) is 22.5 Å². The molecule has 0 bridgehead atoms. The second-order valence-corrected chi connectivity index (χ2v) is 9.12. The van der Waals surface area contributed by atoms with E-state index in [1.807, 2.05) is 26.0 Å². The molecule has 0 aromatic heterocycles. The summed E-state index contributed by atoms with van der Waals surface area (Å²) < 4.78 is 23.2. The smallest absolute Gasteiger partial charge is 0.237 e. The minimum atomic E-state index is -3.23. The molecule has 1 amide bonds. The topological polar surface area (TPSA) is 80.5 Å². The number of nitrogens with two attached hydrogens (primary N) is 1. The molecule has 1 fully saturated rings. The van der Waals surface area contributed by atoms with Crippen LogP contribution in [0.5, 0.6) is 0 Å². The third-order valence-electron chi connectivity index (χ3n) is 5.27. The van der Waals surface area contributed by atoms with Crippen molar-refractivity contribution in [2.45, 2.75) is 38.1 Å². The molecule has 1 aliphatic carbocycles. The van der Waals surface area contributed by atoms with E-state index < -0.39 is 15.3 Å². The number of sulfone groups is 1. The largest absolute Gasteiger partial charge is 0.402 e. The maximum absolute atomic E-state index is 13.1. The molecule has 1 atom stereocenters. The molecule has 5 nitrogen and oxygen atoms in total. The zero-order valence-electron chi connectivity index (χ0n) is 15.3. The molecule has 26 heavy (non-hydrogen) atoms. The van der Waals surface area contributed by atoms with E-state index in [2.05, 4.69) is 6.08 Å². The average Bonchev–Trinajstić information content (AvgIpc) is 2.72. The van der Waals surface area contributed by atoms with Crippen LogP contribution in [0.2, 0.25) is 0 Å². The number of carbonyl (C=O) groups excluding carboxylic acids is 1. The van der Waals surface area contributed by atoms with Crippen molar-refractivity contribution in [3.05, 3.63) is 65.0 Å². The Kier molecular flexibility index (Phi) is 4.56. The number of benzene rings is 1. The normalized spacial score (nSPS) is 23.1. The highest BCUT2D eigenvalue weighted by molar-refractivity contribution is 7.90. The standard InChI is InChI=1S/C20H24N2O3S/c1-4-20(2)17-11-7-15(21)8-12-18(17)22(19(20)23)13-14-5-9-16(10-6-14)26(3,24)25/h5-6,8-12H,4,7,13,21H2,1-3H3. The summed E-state index contributed by atoms with van der Waals surface area (Å²) in [6, 6.07) is 6.69. The van der Waals surface area contributed by atoms with Crippen molar-refractivity contribution >= 4 is 15.7 Å². The number of hydrogen-bond donors (Lipinski definition) is 1. The van der Waals surface area contributed by atoms with Crippen LogP contribution in [-0.2, 0) is 21.2 Å². The zero-order valence-corrected chi connectivity index (χ0v) is 16.1. The van der Waals surface area contributed by atoms with Gasteiger partial charge < -0.3 is 10.6 Å². The van der Waals surface area contributed by atoms with Crippen LogP contribution >= 0.6 is 0 Å². The Balaban J connectivity index is 1.97. The van der Waals surface area contributed by atoms with Crippen molar-refractivity contribution in [3.63, 3.8) is 0 Å². The van der Waals surface area contributed by atoms with Gasteiger partial charge in [-0.25, -0.2) is 8.42 Å². The molecular weight excluding hydrogens is 348 g/mol. The van der Waals surface area contributed by atoms with Gasteiger partial charge in [-0.1, -0.05) is 25.1 Å². The number of amides is 1. The van der Waals surface area contributed by atoms with Crippen molar-refractivity contribution in [1.82, 2.24) is 4.90 Å². The zero-order chi connectivity index (χ0) is 19.1. The highest BCUT2D eigenvalue weighted by atomic mass is 32.2. The third kappa shape index (κ3) is 3.09. The van der Waals surface area contributed by atoms with E-state index in [-0.39, 0.29) is 10.8 Å². The first kappa shape index (κ1) is 18.5. The number of likely N-dealkylation sites (tertiary alicyclic amines) is 1. The molecule has 1 aromatic carbocycles. The molecule has 1 unspecified atom stereocenters. The summed E-state index contributed by atoms with van der Waals surface area (Å²) in [5, 5.41) is 0. The third-order valence-corrected chi connectivity index (χ3v) is 6.40. The predicted octanol–water partition coefficient (Wildman–Crippen LogP) is 2.91. The minimum Gasteiger partial charge on any atom is -0.402 e. The Morgan fingerprint density at radius 1 is 1.19 bits per heavy atom. The van der Waals surface area contributed by atoms with Crippen molar-refractivity contribution in [1.29, 1.82) is 0 Å². The van der Waals surface area contributed by atoms with Gasteiger partial charge in [-0.05, 0) is 48.8 Å². The fourth-order valence-electron chi connectivity index (χ4n) is 3.46. The van der Waals surface area contributed by atoms with Crippen LogP contribution in [0.3, 0.4) is 0 Å². The first-order valence-electron chi connectivity index (χ1n) is 8.65. The Labute approximate surface area is 154 Å². The second kappa shape index (κ2) is 6.43. The van der Waals surface area contributed by atoms with Gasteiger partial charge in [-0.3, -0.25) is 4.79 Å². The highest BCUT2D eigenvalue weighted by Crippen LogP contribution is 2.47. The summed E-state index contributed by atoms with van der Waals surface area (Å²) in [4.78, 5) is 15.2. The van der Waals surface area contributed by atoms with Crippen LogP contribution in [0.15, 0.2) is 64.4 Å². The minimum absolute atomic E-state index is 0.0681. The number of rotatable bonds is 4. The lowest BCUT2D eigenvalue weighted by molar-refractivity contribution is -0.134. The van der Waals surface area contributed by atoms with Crippen LogP contribution < -0.4 is 5.73 Å². The summed E-state index contributed by atoms with van der Waals surface area (Å²) >= 11 is 0. The van der Waals surface area contributed by atoms with Crippen LogP contribution in [0.25, 0.3) is 0 Å². The van der Waals surface area contributed by atoms with Crippen LogP contribution in [-0.4, -0.2) is 25.5 Å². The van der Waals surface area contributed by atoms with E-state index in [0.29, 0.717) is 19.4 Å². The Morgan fingerprint density at radius 3 is 2.42 bits per heavy atom. The van der Waals surface area contributed by atoms with Crippen molar-refractivity contribution < 1.29 is 13.2 Å². The van der Waals surface area contributed by atoms with Crippen LogP contribution in [0.1, 0.15) is 32.3 Å². The number of allylic oxidation sites excluding steroid dienone is 4. The monoisotopic (exact) mass is 372 g/mol. The van der Waals surface area contributed by atoms with Crippen LogP contribution in [0.4, 0.5) is 0 Å². The van der Waals surface area contributed by atoms with E-state index in [1.54, 1.807) is 29.2 Å². The average molecular weight is 372 g/mol. The van der Waals surface area contributed by atoms with Crippen molar-refractivity contribution in [2.75, 3.05) is 6.26 Å². The molecule has 0 saturated carbocycles. The fourth-order valence-corrected chi connectivity index (χ4v) is 4.09. The van der Waals surface area contributed by atoms with E-state index >= 15 is 0 Å². The fraction of sp³-hybridized carbons (Fsp3) is 0.350. The summed E-state index contributed by atoms with van der Waals surface area (Å²) in [5.74, 6) is 0.0681. The first-order chi connectivity index (χ1) is 12.2. The van der Waals surface area contributed by atoms with E-state index in [4.69, 9.17) is 5.73 Å². The molecule has 138 valence electrons. The lowest BCUT2D eigenvalue weighted by atomic mass is 9.80. The molecule has 2 aliphatic rings. The second-order valence-electron chi connectivity index (χ2n) is 7.11. The Morgan fingerprint density at radius 2 is 1.85 bits per heavy atom. The first-order valence-corrected chi connectivity index (χ1v) is 10.5. The Hall–Kier alpha value is -2.34.